The van der Waals surface area contributed by atoms with Crippen LogP contribution in [0.5, 0.6) is 0 Å². The second-order valence-electron chi connectivity index (χ2n) is 1.18. The average Bonchev–Trinajstić information content (AvgIpc) is 1.61. The minimum atomic E-state index is 0.0413. The maximum absolute atomic E-state index is 10.1. The van der Waals surface area contributed by atoms with Gasteiger partial charge in [0.15, 0.2) is 0 Å². The molecule has 0 spiro atoms. The van der Waals surface area contributed by atoms with Crippen LogP contribution in [0, 0.1) is 0 Å². The molecule has 2 nitrogen and oxygen atoms in total. The van der Waals surface area contributed by atoms with Gasteiger partial charge < -0.3 is 5.11 Å². The highest BCUT2D eigenvalue weighted by Gasteiger charge is 1.88. The van der Waals surface area contributed by atoms with Crippen LogP contribution in [-0.4, -0.2) is 22.6 Å². The lowest BCUT2D eigenvalue weighted by atomic mass is 10.5. The van der Waals surface area contributed by atoms with Crippen LogP contribution in [-0.2, 0) is 4.79 Å². The molecular formula is C4H8O2S. The minimum Gasteiger partial charge on any atom is -0.386 e. The average molecular weight is 120 g/mol. The fourth-order valence-corrected chi connectivity index (χ4v) is 0.568. The Morgan fingerprint density at radius 3 is 2.57 bits per heavy atom. The summed E-state index contributed by atoms with van der Waals surface area (Å²) in [5, 5.41) is 8.13. The molecule has 0 rings (SSSR count). The number of aliphatic hydroxyl groups excluding tert-OH is 1. The summed E-state index contributed by atoms with van der Waals surface area (Å²) in [6.45, 7) is 1.50. The largest absolute Gasteiger partial charge is 0.386 e. The molecule has 0 saturated carbocycles. The highest BCUT2D eigenvalue weighted by Crippen LogP contribution is 1.94. The van der Waals surface area contributed by atoms with E-state index in [4.69, 9.17) is 5.11 Å². The Morgan fingerprint density at radius 2 is 2.43 bits per heavy atom. The Kier molecular flexibility index (Phi) is 4.14. The monoisotopic (exact) mass is 120 g/mol. The summed E-state index contributed by atoms with van der Waals surface area (Å²) >= 11 is 1.22. The van der Waals surface area contributed by atoms with E-state index in [-0.39, 0.29) is 11.7 Å². The molecule has 0 amide bonds. The van der Waals surface area contributed by atoms with E-state index in [1.807, 2.05) is 0 Å². The van der Waals surface area contributed by atoms with Gasteiger partial charge in [-0.1, -0.05) is 0 Å². The molecule has 0 fully saturated rings. The van der Waals surface area contributed by atoms with Gasteiger partial charge in [0.2, 0.25) is 0 Å². The number of Topliss-reactive ketones (excluding diaryl/α,β-unsaturated/α-hetero) is 1. The van der Waals surface area contributed by atoms with Gasteiger partial charge in [0.1, 0.15) is 5.78 Å². The van der Waals surface area contributed by atoms with Crippen molar-refractivity contribution in [3.63, 3.8) is 0 Å². The number of rotatable bonds is 3. The highest BCUT2D eigenvalue weighted by molar-refractivity contribution is 7.99. The predicted molar refractivity (Wildman–Crippen MR) is 30.2 cm³/mol. The van der Waals surface area contributed by atoms with Gasteiger partial charge in [0, 0.05) is 0 Å². The summed E-state index contributed by atoms with van der Waals surface area (Å²) in [6, 6.07) is 0. The van der Waals surface area contributed by atoms with E-state index in [0.29, 0.717) is 5.75 Å². The van der Waals surface area contributed by atoms with Crippen LogP contribution < -0.4 is 0 Å². The summed E-state index contributed by atoms with van der Waals surface area (Å²) < 4.78 is 0. The van der Waals surface area contributed by atoms with Crippen molar-refractivity contribution in [2.24, 2.45) is 0 Å². The van der Waals surface area contributed by atoms with E-state index in [9.17, 15) is 4.79 Å². The number of hydrogen-bond donors (Lipinski definition) is 1. The molecule has 0 aliphatic carbocycles. The van der Waals surface area contributed by atoms with Gasteiger partial charge in [-0.2, -0.15) is 0 Å². The number of carbonyl (C=O) groups excluding carboxylic acids is 1. The second kappa shape index (κ2) is 4.15. The third-order valence-electron chi connectivity index (χ3n) is 0.397. The first-order valence-electron chi connectivity index (χ1n) is 1.95. The molecule has 0 aromatic carbocycles. The Labute approximate surface area is 46.9 Å². The summed E-state index contributed by atoms with van der Waals surface area (Å²) in [5.74, 6) is 0.579. The van der Waals surface area contributed by atoms with Gasteiger partial charge in [-0.05, 0) is 6.92 Å². The number of ketones is 1. The van der Waals surface area contributed by atoms with E-state index < -0.39 is 0 Å². The van der Waals surface area contributed by atoms with Crippen LogP contribution in [0.2, 0.25) is 0 Å². The van der Waals surface area contributed by atoms with E-state index >= 15 is 0 Å². The molecule has 0 aromatic rings. The third-order valence-corrected chi connectivity index (χ3v) is 1.19. The van der Waals surface area contributed by atoms with Gasteiger partial charge in [0.25, 0.3) is 0 Å². The molecule has 0 atom stereocenters. The predicted octanol–water partition coefficient (Wildman–Crippen LogP) is 0.258. The zero-order valence-electron chi connectivity index (χ0n) is 4.18. The van der Waals surface area contributed by atoms with Crippen molar-refractivity contribution >= 4 is 17.5 Å². The summed E-state index contributed by atoms with van der Waals surface area (Å²) in [7, 11) is 0. The second-order valence-corrected chi connectivity index (χ2v) is 2.13. The van der Waals surface area contributed by atoms with E-state index in [1.54, 1.807) is 0 Å². The van der Waals surface area contributed by atoms with Crippen LogP contribution in [0.15, 0.2) is 0 Å². The van der Waals surface area contributed by atoms with Crippen molar-refractivity contribution in [3.8, 4) is 0 Å². The Balaban J connectivity index is 2.82. The fraction of sp³-hybridized carbons (Fsp3) is 0.750. The normalized spacial score (nSPS) is 8.86. The van der Waals surface area contributed by atoms with Crippen LogP contribution in [0.4, 0.5) is 0 Å². The molecule has 0 saturated heterocycles. The first-order valence-corrected chi connectivity index (χ1v) is 3.11. The Hall–Kier alpha value is -0.0200. The fourth-order valence-electron chi connectivity index (χ4n) is 0.189. The number of thioether (sulfide) groups is 1. The molecule has 3 heteroatoms. The van der Waals surface area contributed by atoms with Gasteiger partial charge in [-0.15, -0.1) is 11.8 Å². The standard InChI is InChI=1S/C4H8O2S/c1-4(6)2-7-3-5/h5H,2-3H2,1H3. The molecule has 0 aromatic heterocycles. The zero-order valence-corrected chi connectivity index (χ0v) is 4.99. The lowest BCUT2D eigenvalue weighted by Gasteiger charge is -1.86. The quantitative estimate of drug-likeness (QED) is 0.543. The van der Waals surface area contributed by atoms with Crippen molar-refractivity contribution < 1.29 is 9.90 Å². The summed E-state index contributed by atoms with van der Waals surface area (Å²) in [5.41, 5.74) is 0. The molecule has 0 unspecified atom stereocenters. The van der Waals surface area contributed by atoms with E-state index in [0.717, 1.165) is 0 Å². The summed E-state index contributed by atoms with van der Waals surface area (Å²) in [4.78, 5) is 10.1. The van der Waals surface area contributed by atoms with Gasteiger partial charge >= 0.3 is 0 Å². The lowest BCUT2D eigenvalue weighted by molar-refractivity contribution is -0.114. The van der Waals surface area contributed by atoms with Crippen molar-refractivity contribution in [2.75, 3.05) is 11.7 Å². The molecule has 0 bridgehead atoms. The smallest absolute Gasteiger partial charge is 0.139 e. The molecule has 0 heterocycles. The topological polar surface area (TPSA) is 37.3 Å². The number of carbonyl (C=O) groups is 1. The molecule has 0 aliphatic heterocycles. The van der Waals surface area contributed by atoms with Crippen LogP contribution in [0.1, 0.15) is 6.92 Å². The van der Waals surface area contributed by atoms with Crippen LogP contribution in [0.25, 0.3) is 0 Å². The first-order chi connectivity index (χ1) is 3.27. The number of hydrogen-bond acceptors (Lipinski definition) is 3. The first kappa shape index (κ1) is 6.98. The Bertz CT molecular complexity index is 62.7. The molecule has 42 valence electrons. The Morgan fingerprint density at radius 1 is 1.86 bits per heavy atom. The zero-order chi connectivity index (χ0) is 5.70. The molecule has 0 radical (unpaired) electrons. The van der Waals surface area contributed by atoms with Gasteiger partial charge in [-0.3, -0.25) is 4.79 Å². The number of aliphatic hydroxyl groups is 1. The third kappa shape index (κ3) is 5.98. The minimum absolute atomic E-state index is 0.0413. The molecular weight excluding hydrogens is 112 g/mol. The van der Waals surface area contributed by atoms with Crippen LogP contribution >= 0.6 is 11.8 Å². The van der Waals surface area contributed by atoms with Crippen molar-refractivity contribution in [3.05, 3.63) is 0 Å². The summed E-state index contributed by atoms with van der Waals surface area (Å²) in [6.07, 6.45) is 0. The SMILES string of the molecule is CC(=O)CSCO. The van der Waals surface area contributed by atoms with Crippen LogP contribution in [0.3, 0.4) is 0 Å². The molecule has 0 aliphatic rings. The highest BCUT2D eigenvalue weighted by atomic mass is 32.2. The van der Waals surface area contributed by atoms with Gasteiger partial charge in [0.05, 0.1) is 11.7 Å². The van der Waals surface area contributed by atoms with Crippen molar-refractivity contribution in [1.29, 1.82) is 0 Å². The van der Waals surface area contributed by atoms with Gasteiger partial charge in [-0.25, -0.2) is 0 Å². The maximum atomic E-state index is 10.1. The van der Waals surface area contributed by atoms with Crippen molar-refractivity contribution in [2.45, 2.75) is 6.92 Å². The molecule has 7 heavy (non-hydrogen) atoms. The van der Waals surface area contributed by atoms with E-state index in [1.165, 1.54) is 18.7 Å². The maximum Gasteiger partial charge on any atom is 0.139 e. The van der Waals surface area contributed by atoms with Crippen molar-refractivity contribution in [1.82, 2.24) is 0 Å². The lowest BCUT2D eigenvalue weighted by Crippen LogP contribution is -1.93. The van der Waals surface area contributed by atoms with E-state index in [2.05, 4.69) is 0 Å². The molecule has 1 N–H and O–H groups in total.